The van der Waals surface area contributed by atoms with Gasteiger partial charge in [0, 0.05) is 27.8 Å². The van der Waals surface area contributed by atoms with Gasteiger partial charge in [-0.05, 0) is 24.3 Å². The van der Waals surface area contributed by atoms with Crippen LogP contribution in [0.15, 0.2) is 64.6 Å². The van der Waals surface area contributed by atoms with Crippen molar-refractivity contribution in [2.75, 3.05) is 0 Å². The van der Waals surface area contributed by atoms with Gasteiger partial charge in [-0.25, -0.2) is 9.98 Å². The molecule has 0 aromatic heterocycles. The summed E-state index contributed by atoms with van der Waals surface area (Å²) in [6, 6.07) is 17.9. The van der Waals surface area contributed by atoms with Gasteiger partial charge >= 0.3 is 0 Å². The van der Waals surface area contributed by atoms with Gasteiger partial charge in [-0.3, -0.25) is 4.79 Å². The summed E-state index contributed by atoms with van der Waals surface area (Å²) in [6.07, 6.45) is 0.891. The highest BCUT2D eigenvalue weighted by molar-refractivity contribution is 5.95. The number of rotatable bonds is 1. The van der Waals surface area contributed by atoms with Gasteiger partial charge in [0.2, 0.25) is 0 Å². The summed E-state index contributed by atoms with van der Waals surface area (Å²) in [5.41, 5.74) is 6.69. The van der Waals surface area contributed by atoms with Crippen molar-refractivity contribution >= 4 is 17.7 Å². The molecule has 2 aliphatic heterocycles. The lowest BCUT2D eigenvalue weighted by Crippen LogP contribution is -2.11. The Labute approximate surface area is 126 Å². The van der Waals surface area contributed by atoms with Crippen molar-refractivity contribution in [2.45, 2.75) is 0 Å². The molecule has 3 nitrogen and oxygen atoms in total. The van der Waals surface area contributed by atoms with Crippen LogP contribution in [0.1, 0.15) is 10.4 Å². The molecule has 0 saturated carbocycles. The normalized spacial score (nSPS) is 12.5. The zero-order chi connectivity index (χ0) is 14.7. The number of carbonyl (C=O) groups is 1. The smallest absolute Gasteiger partial charge is 0.150 e. The van der Waals surface area contributed by atoms with Crippen molar-refractivity contribution in [1.82, 2.24) is 0 Å². The van der Waals surface area contributed by atoms with E-state index in [0.29, 0.717) is 5.56 Å². The number of nitrogens with zero attached hydrogens (tertiary/aromatic N) is 2. The van der Waals surface area contributed by atoms with Crippen LogP contribution in [-0.2, 0) is 0 Å². The Morgan fingerprint density at radius 1 is 0.727 bits per heavy atom. The highest BCUT2D eigenvalue weighted by Gasteiger charge is 2.21. The molecule has 102 valence electrons. The molecule has 0 N–H and O–H groups in total. The highest BCUT2D eigenvalue weighted by atomic mass is 16.1. The Morgan fingerprint density at radius 2 is 1.45 bits per heavy atom. The minimum absolute atomic E-state index is 0.676. The summed E-state index contributed by atoms with van der Waals surface area (Å²) in [5.74, 6) is 0. The van der Waals surface area contributed by atoms with Crippen LogP contribution >= 0.6 is 0 Å². The summed E-state index contributed by atoms with van der Waals surface area (Å²) in [5, 5.41) is 1.86. The van der Waals surface area contributed by atoms with Gasteiger partial charge in [0.05, 0.1) is 22.1 Å². The van der Waals surface area contributed by atoms with E-state index in [0.717, 1.165) is 50.6 Å². The Kier molecular flexibility index (Phi) is 2.09. The second-order valence-electron chi connectivity index (χ2n) is 5.49. The molecule has 3 heteroatoms. The van der Waals surface area contributed by atoms with E-state index < -0.39 is 0 Å². The van der Waals surface area contributed by atoms with Crippen LogP contribution in [0.5, 0.6) is 0 Å². The van der Waals surface area contributed by atoms with E-state index in [4.69, 9.17) is 4.99 Å². The first kappa shape index (κ1) is 11.6. The molecule has 0 saturated heterocycles. The molecule has 0 amide bonds. The molecule has 0 fully saturated rings. The largest absolute Gasteiger partial charge is 0.298 e. The third-order valence-electron chi connectivity index (χ3n) is 4.26. The van der Waals surface area contributed by atoms with Crippen LogP contribution in [0, 0.1) is 0 Å². The molecule has 22 heavy (non-hydrogen) atoms. The SMILES string of the molecule is O=Cc1cccc2c1-c1cc3c(cc1=N2)-c1ccccc1N=3. The zero-order valence-electron chi connectivity index (χ0n) is 11.6. The number of hydrogen-bond donors (Lipinski definition) is 0. The van der Waals surface area contributed by atoms with Crippen molar-refractivity contribution in [3.63, 3.8) is 0 Å². The van der Waals surface area contributed by atoms with E-state index in [1.807, 2.05) is 42.5 Å². The number of carbonyl (C=O) groups excluding carboxylic acids is 1. The Bertz CT molecular complexity index is 1100. The predicted octanol–water partition coefficient (Wildman–Crippen LogP) is 3.36. The van der Waals surface area contributed by atoms with Crippen molar-refractivity contribution in [3.8, 4) is 22.3 Å². The Balaban J connectivity index is 1.86. The fourth-order valence-electron chi connectivity index (χ4n) is 3.28. The first-order valence-corrected chi connectivity index (χ1v) is 7.14. The summed E-state index contributed by atoms with van der Waals surface area (Å²) >= 11 is 0. The maximum absolute atomic E-state index is 11.3. The van der Waals surface area contributed by atoms with Crippen molar-refractivity contribution in [2.24, 2.45) is 9.98 Å². The zero-order valence-corrected chi connectivity index (χ0v) is 11.6. The molecule has 0 unspecified atom stereocenters. The summed E-state index contributed by atoms with van der Waals surface area (Å²) in [4.78, 5) is 20.7. The molecular formula is C19H10N2O. The molecule has 0 atom stereocenters. The van der Waals surface area contributed by atoms with Gasteiger partial charge in [-0.2, -0.15) is 0 Å². The second-order valence-corrected chi connectivity index (χ2v) is 5.49. The van der Waals surface area contributed by atoms with Crippen LogP contribution in [-0.4, -0.2) is 6.29 Å². The maximum Gasteiger partial charge on any atom is 0.150 e. The quantitative estimate of drug-likeness (QED) is 0.435. The standard InChI is InChI=1S/C19H10N2O/c22-10-11-4-3-7-16-19(11)14-9-17-13(8-18(14)21-16)12-5-1-2-6-15(12)20-17/h1-10H. The lowest BCUT2D eigenvalue weighted by atomic mass is 9.97. The first-order valence-electron chi connectivity index (χ1n) is 7.14. The predicted molar refractivity (Wildman–Crippen MR) is 84.3 cm³/mol. The van der Waals surface area contributed by atoms with E-state index in [2.05, 4.69) is 17.1 Å². The maximum atomic E-state index is 11.3. The highest BCUT2D eigenvalue weighted by Crippen LogP contribution is 2.37. The van der Waals surface area contributed by atoms with Gasteiger partial charge in [-0.1, -0.05) is 30.3 Å². The number of para-hydroxylation sites is 1. The Morgan fingerprint density at radius 3 is 2.36 bits per heavy atom. The van der Waals surface area contributed by atoms with Gasteiger partial charge in [0.15, 0.2) is 6.29 Å². The third-order valence-corrected chi connectivity index (χ3v) is 4.26. The number of aldehydes is 1. The number of benzene rings is 3. The van der Waals surface area contributed by atoms with Crippen molar-refractivity contribution in [1.29, 1.82) is 0 Å². The van der Waals surface area contributed by atoms with E-state index in [9.17, 15) is 4.79 Å². The monoisotopic (exact) mass is 282 g/mol. The van der Waals surface area contributed by atoms with E-state index in [1.54, 1.807) is 0 Å². The molecule has 0 spiro atoms. The van der Waals surface area contributed by atoms with E-state index in [-0.39, 0.29) is 0 Å². The van der Waals surface area contributed by atoms with Crippen LogP contribution < -0.4 is 10.7 Å². The van der Waals surface area contributed by atoms with Crippen LogP contribution in [0.25, 0.3) is 22.3 Å². The lowest BCUT2D eigenvalue weighted by Gasteiger charge is -2.03. The minimum atomic E-state index is 0.676. The van der Waals surface area contributed by atoms with E-state index in [1.165, 1.54) is 0 Å². The molecule has 0 aliphatic carbocycles. The molecule has 0 radical (unpaired) electrons. The molecular weight excluding hydrogens is 272 g/mol. The average Bonchev–Trinajstić information content (AvgIpc) is 3.09. The van der Waals surface area contributed by atoms with Gasteiger partial charge in [-0.15, -0.1) is 0 Å². The minimum Gasteiger partial charge on any atom is -0.298 e. The fraction of sp³-hybridized carbons (Fsp3) is 0. The first-order chi connectivity index (χ1) is 10.8. The summed E-state index contributed by atoms with van der Waals surface area (Å²) < 4.78 is 0. The molecule has 5 rings (SSSR count). The van der Waals surface area contributed by atoms with Crippen LogP contribution in [0.3, 0.4) is 0 Å². The Hall–Kier alpha value is -3.07. The fourth-order valence-corrected chi connectivity index (χ4v) is 3.28. The molecule has 0 bridgehead atoms. The van der Waals surface area contributed by atoms with Gasteiger partial charge < -0.3 is 0 Å². The second kappa shape index (κ2) is 3.98. The summed E-state index contributed by atoms with van der Waals surface area (Å²) in [6.45, 7) is 0. The number of hydrogen-bond acceptors (Lipinski definition) is 3. The van der Waals surface area contributed by atoms with Crippen LogP contribution in [0.2, 0.25) is 0 Å². The average molecular weight is 282 g/mol. The van der Waals surface area contributed by atoms with Crippen molar-refractivity contribution < 1.29 is 4.79 Å². The summed E-state index contributed by atoms with van der Waals surface area (Å²) in [7, 11) is 0. The molecule has 2 heterocycles. The van der Waals surface area contributed by atoms with E-state index >= 15 is 0 Å². The lowest BCUT2D eigenvalue weighted by molar-refractivity contribution is 0.112. The molecule has 3 aromatic rings. The topological polar surface area (TPSA) is 41.8 Å². The molecule has 3 aromatic carbocycles. The third kappa shape index (κ3) is 1.37. The number of fused-ring (bicyclic) bond motifs is 6. The van der Waals surface area contributed by atoms with Gasteiger partial charge in [0.25, 0.3) is 0 Å². The van der Waals surface area contributed by atoms with Gasteiger partial charge in [0.1, 0.15) is 0 Å². The van der Waals surface area contributed by atoms with Crippen molar-refractivity contribution in [3.05, 3.63) is 70.9 Å². The molecule has 2 aliphatic rings. The van der Waals surface area contributed by atoms with Crippen LogP contribution in [0.4, 0.5) is 11.4 Å².